The first kappa shape index (κ1) is 12.5. The summed E-state index contributed by atoms with van der Waals surface area (Å²) in [6.07, 6.45) is 9.09. The van der Waals surface area contributed by atoms with Gasteiger partial charge >= 0.3 is 0 Å². The highest BCUT2D eigenvalue weighted by molar-refractivity contribution is 7.99. The molecular formula is C13H21N3OS. The quantitative estimate of drug-likeness (QED) is 0.894. The highest BCUT2D eigenvalue weighted by Crippen LogP contribution is 2.34. The van der Waals surface area contributed by atoms with E-state index < -0.39 is 0 Å². The Hall–Kier alpha value is -0.550. The lowest BCUT2D eigenvalue weighted by molar-refractivity contribution is 0.136. The number of aryl methyl sites for hydroxylation is 1. The van der Waals surface area contributed by atoms with Crippen molar-refractivity contribution in [3.8, 4) is 0 Å². The van der Waals surface area contributed by atoms with E-state index in [9.17, 15) is 5.11 Å². The Morgan fingerprint density at radius 3 is 2.83 bits per heavy atom. The van der Waals surface area contributed by atoms with Gasteiger partial charge in [-0.15, -0.1) is 10.2 Å². The molecule has 2 aliphatic rings. The highest BCUT2D eigenvalue weighted by atomic mass is 32.2. The summed E-state index contributed by atoms with van der Waals surface area (Å²) in [4.78, 5) is 0. The Labute approximate surface area is 112 Å². The summed E-state index contributed by atoms with van der Waals surface area (Å²) < 4.78 is 2.28. The summed E-state index contributed by atoms with van der Waals surface area (Å²) in [5.41, 5.74) is 0. The maximum Gasteiger partial charge on any atom is 0.191 e. The van der Waals surface area contributed by atoms with Crippen molar-refractivity contribution in [2.75, 3.05) is 0 Å². The molecule has 1 saturated carbocycles. The lowest BCUT2D eigenvalue weighted by atomic mass is 9.97. The van der Waals surface area contributed by atoms with Crippen LogP contribution in [0.15, 0.2) is 5.16 Å². The molecule has 0 radical (unpaired) electrons. The minimum atomic E-state index is -0.164. The number of thioether (sulfide) groups is 1. The van der Waals surface area contributed by atoms with Gasteiger partial charge in [-0.3, -0.25) is 0 Å². The molecule has 0 saturated heterocycles. The zero-order valence-electron chi connectivity index (χ0n) is 10.7. The van der Waals surface area contributed by atoms with E-state index in [4.69, 9.17) is 0 Å². The second-order valence-corrected chi connectivity index (χ2v) is 6.58. The molecular weight excluding hydrogens is 246 g/mol. The standard InChI is InChI=1S/C13H21N3OS/c17-10-6-3-4-7-11(10)18-13-15-14-12-8-2-1-5-9-16(12)13/h10-11,17H,1-9H2/t10-,11-/m1/s1. The van der Waals surface area contributed by atoms with E-state index >= 15 is 0 Å². The number of aliphatic hydroxyl groups excluding tert-OH is 1. The van der Waals surface area contributed by atoms with Crippen LogP contribution in [-0.2, 0) is 13.0 Å². The minimum Gasteiger partial charge on any atom is -0.392 e. The predicted octanol–water partition coefficient (Wildman–Crippen LogP) is 2.40. The largest absolute Gasteiger partial charge is 0.392 e. The van der Waals surface area contributed by atoms with Crippen molar-refractivity contribution in [1.29, 1.82) is 0 Å². The van der Waals surface area contributed by atoms with E-state index in [1.165, 1.54) is 25.7 Å². The van der Waals surface area contributed by atoms with Gasteiger partial charge < -0.3 is 9.67 Å². The van der Waals surface area contributed by atoms with Gasteiger partial charge in [-0.2, -0.15) is 0 Å². The summed E-state index contributed by atoms with van der Waals surface area (Å²) >= 11 is 1.74. The van der Waals surface area contributed by atoms with Crippen LogP contribution in [0.3, 0.4) is 0 Å². The molecule has 2 atom stereocenters. The molecule has 1 N–H and O–H groups in total. The molecule has 0 unspecified atom stereocenters. The summed E-state index contributed by atoms with van der Waals surface area (Å²) in [6, 6.07) is 0. The van der Waals surface area contributed by atoms with E-state index in [2.05, 4.69) is 14.8 Å². The third-order valence-electron chi connectivity index (χ3n) is 4.00. The minimum absolute atomic E-state index is 0.164. The number of rotatable bonds is 2. The second kappa shape index (κ2) is 5.61. The first-order chi connectivity index (χ1) is 8.84. The van der Waals surface area contributed by atoms with Crippen LogP contribution in [0, 0.1) is 0 Å². The molecule has 0 bridgehead atoms. The molecule has 3 rings (SSSR count). The number of hydrogen-bond donors (Lipinski definition) is 1. The second-order valence-electron chi connectivity index (χ2n) is 5.37. The Morgan fingerprint density at radius 2 is 1.94 bits per heavy atom. The van der Waals surface area contributed by atoms with E-state index in [0.717, 1.165) is 43.2 Å². The number of nitrogens with zero attached hydrogens (tertiary/aromatic N) is 3. The molecule has 4 nitrogen and oxygen atoms in total. The van der Waals surface area contributed by atoms with Crippen LogP contribution in [0.5, 0.6) is 0 Å². The molecule has 5 heteroatoms. The molecule has 0 spiro atoms. The van der Waals surface area contributed by atoms with Gasteiger partial charge in [-0.25, -0.2) is 0 Å². The number of aromatic nitrogens is 3. The molecule has 1 fully saturated rings. The van der Waals surface area contributed by atoms with Gasteiger partial charge in [0.2, 0.25) is 0 Å². The van der Waals surface area contributed by atoms with Crippen molar-refractivity contribution in [1.82, 2.24) is 14.8 Å². The average Bonchev–Trinajstić information content (AvgIpc) is 2.62. The SMILES string of the molecule is O[C@@H]1CCCC[C@H]1Sc1nnc2n1CCCCC2. The lowest BCUT2D eigenvalue weighted by Crippen LogP contribution is -2.27. The van der Waals surface area contributed by atoms with E-state index in [0.29, 0.717) is 5.25 Å². The monoisotopic (exact) mass is 267 g/mol. The fraction of sp³-hybridized carbons (Fsp3) is 0.846. The van der Waals surface area contributed by atoms with Gasteiger partial charge in [0.15, 0.2) is 5.16 Å². The average molecular weight is 267 g/mol. The third-order valence-corrected chi connectivity index (χ3v) is 5.37. The van der Waals surface area contributed by atoms with E-state index in [-0.39, 0.29) is 6.10 Å². The molecule has 100 valence electrons. The number of fused-ring (bicyclic) bond motifs is 1. The van der Waals surface area contributed by atoms with Gasteiger partial charge in [0, 0.05) is 18.2 Å². The van der Waals surface area contributed by atoms with Crippen molar-refractivity contribution in [3.63, 3.8) is 0 Å². The fourth-order valence-electron chi connectivity index (χ4n) is 2.90. The van der Waals surface area contributed by atoms with E-state index in [1.807, 2.05) is 0 Å². The van der Waals surface area contributed by atoms with Crippen LogP contribution in [0.2, 0.25) is 0 Å². The third kappa shape index (κ3) is 2.57. The van der Waals surface area contributed by atoms with Crippen LogP contribution in [0.1, 0.15) is 50.8 Å². The smallest absolute Gasteiger partial charge is 0.191 e. The molecule has 1 aliphatic heterocycles. The van der Waals surface area contributed by atoms with Crippen molar-refractivity contribution < 1.29 is 5.11 Å². The van der Waals surface area contributed by atoms with Crippen molar-refractivity contribution in [2.45, 2.75) is 74.4 Å². The zero-order valence-corrected chi connectivity index (χ0v) is 11.5. The molecule has 18 heavy (non-hydrogen) atoms. The summed E-state index contributed by atoms with van der Waals surface area (Å²) in [7, 11) is 0. The first-order valence-electron chi connectivity index (χ1n) is 7.11. The van der Waals surface area contributed by atoms with Crippen molar-refractivity contribution in [2.24, 2.45) is 0 Å². The van der Waals surface area contributed by atoms with Gasteiger partial charge in [-0.05, 0) is 25.7 Å². The Morgan fingerprint density at radius 1 is 1.06 bits per heavy atom. The molecule has 2 heterocycles. The predicted molar refractivity (Wildman–Crippen MR) is 71.7 cm³/mol. The van der Waals surface area contributed by atoms with Gasteiger partial charge in [0.05, 0.1) is 6.10 Å². The molecule has 0 aromatic carbocycles. The highest BCUT2D eigenvalue weighted by Gasteiger charge is 2.26. The van der Waals surface area contributed by atoms with Crippen LogP contribution in [0.25, 0.3) is 0 Å². The Bertz CT molecular complexity index is 407. The van der Waals surface area contributed by atoms with Crippen LogP contribution in [0.4, 0.5) is 0 Å². The van der Waals surface area contributed by atoms with Crippen LogP contribution < -0.4 is 0 Å². The Kier molecular flexibility index (Phi) is 3.89. The van der Waals surface area contributed by atoms with Gasteiger partial charge in [-0.1, -0.05) is 31.0 Å². The number of aliphatic hydroxyl groups is 1. The van der Waals surface area contributed by atoms with Crippen LogP contribution >= 0.6 is 11.8 Å². The van der Waals surface area contributed by atoms with Gasteiger partial charge in [0.25, 0.3) is 0 Å². The fourth-order valence-corrected chi connectivity index (χ4v) is 4.16. The summed E-state index contributed by atoms with van der Waals surface area (Å²) in [5.74, 6) is 1.14. The molecule has 1 aromatic rings. The van der Waals surface area contributed by atoms with Crippen molar-refractivity contribution in [3.05, 3.63) is 5.82 Å². The topological polar surface area (TPSA) is 50.9 Å². The summed E-state index contributed by atoms with van der Waals surface area (Å²) in [6.45, 7) is 1.05. The maximum atomic E-state index is 10.0. The zero-order chi connectivity index (χ0) is 12.4. The molecule has 1 aromatic heterocycles. The lowest BCUT2D eigenvalue weighted by Gasteiger charge is -2.26. The molecule has 1 aliphatic carbocycles. The Balaban J connectivity index is 1.74. The summed E-state index contributed by atoms with van der Waals surface area (Å²) in [5, 5.41) is 20.0. The normalized spacial score (nSPS) is 28.7. The van der Waals surface area contributed by atoms with Crippen LogP contribution in [-0.4, -0.2) is 31.2 Å². The maximum absolute atomic E-state index is 10.0. The molecule has 0 amide bonds. The van der Waals surface area contributed by atoms with E-state index in [1.54, 1.807) is 11.8 Å². The number of hydrogen-bond acceptors (Lipinski definition) is 4. The van der Waals surface area contributed by atoms with Gasteiger partial charge in [0.1, 0.15) is 5.82 Å². The van der Waals surface area contributed by atoms with Crippen molar-refractivity contribution >= 4 is 11.8 Å². The first-order valence-corrected chi connectivity index (χ1v) is 7.99.